The fourth-order valence-electron chi connectivity index (χ4n) is 2.35. The van der Waals surface area contributed by atoms with Crippen LogP contribution in [0.25, 0.3) is 0 Å². The van der Waals surface area contributed by atoms with Gasteiger partial charge in [0, 0.05) is 5.56 Å². The van der Waals surface area contributed by atoms with Crippen molar-refractivity contribution >= 4 is 32.0 Å². The summed E-state index contributed by atoms with van der Waals surface area (Å²) in [6, 6.07) is 11.9. The molecule has 1 unspecified atom stereocenters. The Bertz CT molecular complexity index is 738. The third-order valence-corrected chi connectivity index (χ3v) is 4.06. The molecule has 0 aliphatic carbocycles. The van der Waals surface area contributed by atoms with Crippen LogP contribution in [0.4, 0.5) is 5.69 Å². The summed E-state index contributed by atoms with van der Waals surface area (Å²) in [4.78, 5) is 17.1. The van der Waals surface area contributed by atoms with Crippen molar-refractivity contribution in [3.63, 3.8) is 0 Å². The summed E-state index contributed by atoms with van der Waals surface area (Å²) in [5.41, 5.74) is 1.82. The minimum Gasteiger partial charge on any atom is -0.508 e. The van der Waals surface area contributed by atoms with Gasteiger partial charge in [-0.3, -0.25) is 4.79 Å². The van der Waals surface area contributed by atoms with Crippen molar-refractivity contribution in [3.05, 3.63) is 53.6 Å². The highest BCUT2D eigenvalue weighted by Gasteiger charge is 2.31. The number of phenolic OH excluding ortho intramolecular Hbond substituents is 1. The highest BCUT2D eigenvalue weighted by atomic mass is 79.9. The lowest BCUT2D eigenvalue weighted by atomic mass is 9.88. The monoisotopic (exact) mass is 345 g/mol. The fourth-order valence-corrected chi connectivity index (χ4v) is 3.01. The Balaban J connectivity index is 2.06. The average molecular weight is 346 g/mol. The zero-order chi connectivity index (χ0) is 15.0. The topological polar surface area (TPSA) is 58.9 Å². The first-order valence-electron chi connectivity index (χ1n) is 6.35. The lowest BCUT2D eigenvalue weighted by molar-refractivity contribution is 0.0982. The van der Waals surface area contributed by atoms with Crippen LogP contribution in [0.2, 0.25) is 0 Å². The van der Waals surface area contributed by atoms with Gasteiger partial charge in [-0.15, -0.1) is 0 Å². The molecular weight excluding hydrogens is 334 g/mol. The molecular formula is C16H12BrNO3. The maximum absolute atomic E-state index is 12.7. The van der Waals surface area contributed by atoms with Crippen molar-refractivity contribution in [2.75, 3.05) is 7.11 Å². The van der Waals surface area contributed by atoms with Gasteiger partial charge in [-0.1, -0.05) is 12.1 Å². The molecule has 0 amide bonds. The van der Waals surface area contributed by atoms with Crippen molar-refractivity contribution in [2.45, 2.75) is 5.92 Å². The van der Waals surface area contributed by atoms with E-state index in [0.717, 1.165) is 11.3 Å². The van der Waals surface area contributed by atoms with Crippen molar-refractivity contribution < 1.29 is 14.6 Å². The van der Waals surface area contributed by atoms with Crippen LogP contribution >= 0.6 is 15.9 Å². The van der Waals surface area contributed by atoms with E-state index in [1.807, 2.05) is 12.1 Å². The molecule has 21 heavy (non-hydrogen) atoms. The molecule has 0 radical (unpaired) electrons. The smallest absolute Gasteiger partial charge is 0.179 e. The summed E-state index contributed by atoms with van der Waals surface area (Å²) in [7, 11) is 1.59. The molecule has 0 bridgehead atoms. The van der Waals surface area contributed by atoms with E-state index in [2.05, 4.69) is 20.9 Å². The van der Waals surface area contributed by atoms with Gasteiger partial charge >= 0.3 is 0 Å². The molecule has 1 atom stereocenters. The molecule has 2 aromatic carbocycles. The summed E-state index contributed by atoms with van der Waals surface area (Å²) >= 11 is 3.39. The number of methoxy groups -OCH3 is 1. The molecule has 3 rings (SSSR count). The number of nitrogens with zero attached hydrogens (tertiary/aromatic N) is 1. The van der Waals surface area contributed by atoms with E-state index < -0.39 is 5.92 Å². The molecule has 106 valence electrons. The molecule has 0 saturated carbocycles. The molecule has 0 fully saturated rings. The van der Waals surface area contributed by atoms with E-state index in [4.69, 9.17) is 4.74 Å². The largest absolute Gasteiger partial charge is 0.508 e. The Hall–Kier alpha value is -2.14. The second-order valence-corrected chi connectivity index (χ2v) is 5.52. The van der Waals surface area contributed by atoms with Gasteiger partial charge in [0.1, 0.15) is 11.5 Å². The van der Waals surface area contributed by atoms with Gasteiger partial charge in [0.05, 0.1) is 23.3 Å². The highest BCUT2D eigenvalue weighted by Crippen LogP contribution is 2.37. The first-order chi connectivity index (χ1) is 10.1. The Morgan fingerprint density at radius 1 is 1.19 bits per heavy atom. The quantitative estimate of drug-likeness (QED) is 0.900. The van der Waals surface area contributed by atoms with Crippen LogP contribution in [-0.4, -0.2) is 22.6 Å². The average Bonchev–Trinajstić information content (AvgIpc) is 2.49. The van der Waals surface area contributed by atoms with Crippen LogP contribution in [0, 0.1) is 0 Å². The van der Waals surface area contributed by atoms with E-state index in [0.29, 0.717) is 15.9 Å². The van der Waals surface area contributed by atoms with Crippen LogP contribution < -0.4 is 4.74 Å². The number of hydrogen-bond donors (Lipinski definition) is 1. The Labute approximate surface area is 130 Å². The number of aliphatic imine (C=N–C) groups is 1. The molecule has 1 aliphatic heterocycles. The fraction of sp³-hybridized carbons (Fsp3) is 0.125. The summed E-state index contributed by atoms with van der Waals surface area (Å²) in [5, 5.41) is 9.57. The van der Waals surface area contributed by atoms with Crippen molar-refractivity contribution in [1.82, 2.24) is 0 Å². The third kappa shape index (κ3) is 2.45. The molecule has 4 nitrogen and oxygen atoms in total. The predicted octanol–water partition coefficient (Wildman–Crippen LogP) is 3.81. The minimum atomic E-state index is -0.495. The minimum absolute atomic E-state index is 0.0591. The van der Waals surface area contributed by atoms with Crippen molar-refractivity contribution in [1.29, 1.82) is 0 Å². The zero-order valence-corrected chi connectivity index (χ0v) is 12.8. The lowest BCUT2D eigenvalue weighted by Gasteiger charge is -2.21. The maximum Gasteiger partial charge on any atom is 0.179 e. The van der Waals surface area contributed by atoms with E-state index in [1.165, 1.54) is 12.1 Å². The van der Waals surface area contributed by atoms with Crippen LogP contribution in [0.15, 0.2) is 47.5 Å². The van der Waals surface area contributed by atoms with Gasteiger partial charge in [-0.2, -0.15) is 0 Å². The van der Waals surface area contributed by atoms with Crippen molar-refractivity contribution in [3.8, 4) is 11.5 Å². The number of benzene rings is 2. The van der Waals surface area contributed by atoms with E-state index in [1.54, 1.807) is 25.3 Å². The third-order valence-electron chi connectivity index (χ3n) is 3.42. The number of Topliss-reactive ketones (excluding diaryl/α,β-unsaturated/α-hetero) is 1. The second-order valence-electron chi connectivity index (χ2n) is 4.71. The number of rotatable bonds is 2. The number of ketones is 1. The van der Waals surface area contributed by atoms with Gasteiger partial charge in [-0.25, -0.2) is 4.99 Å². The van der Waals surface area contributed by atoms with Gasteiger partial charge in [0.2, 0.25) is 0 Å². The molecule has 1 heterocycles. The standard InChI is InChI=1S/C16H12BrNO3/c1-21-11-5-2-9(3-6-11)14-15(20)12-8-10(19)4-7-13(12)18-16(14)17/h2-8,14,19H,1H3. The molecule has 2 aromatic rings. The molecule has 1 N–H and O–H groups in total. The maximum atomic E-state index is 12.7. The number of ether oxygens (including phenoxy) is 1. The summed E-state index contributed by atoms with van der Waals surface area (Å²) in [6.45, 7) is 0. The van der Waals surface area contributed by atoms with Gasteiger partial charge in [0.25, 0.3) is 0 Å². The Morgan fingerprint density at radius 3 is 2.57 bits per heavy atom. The summed E-state index contributed by atoms with van der Waals surface area (Å²) < 4.78 is 5.69. The summed E-state index contributed by atoms with van der Waals surface area (Å²) in [6.07, 6.45) is 0. The Kier molecular flexibility index (Phi) is 3.51. The van der Waals surface area contributed by atoms with E-state index >= 15 is 0 Å². The number of halogens is 1. The number of carbonyl (C=O) groups excluding carboxylic acids is 1. The van der Waals surface area contributed by atoms with Crippen molar-refractivity contribution in [2.24, 2.45) is 4.99 Å². The lowest BCUT2D eigenvalue weighted by Crippen LogP contribution is -2.21. The number of hydrogen-bond acceptors (Lipinski definition) is 4. The highest BCUT2D eigenvalue weighted by molar-refractivity contribution is 9.18. The Morgan fingerprint density at radius 2 is 1.90 bits per heavy atom. The van der Waals surface area contributed by atoms with Gasteiger partial charge < -0.3 is 9.84 Å². The number of carbonyl (C=O) groups is 1. The van der Waals surface area contributed by atoms with Crippen LogP contribution in [-0.2, 0) is 0 Å². The number of phenols is 1. The molecule has 5 heteroatoms. The van der Waals surface area contributed by atoms with Crippen LogP contribution in [0.3, 0.4) is 0 Å². The van der Waals surface area contributed by atoms with Gasteiger partial charge in [-0.05, 0) is 51.8 Å². The molecule has 0 spiro atoms. The van der Waals surface area contributed by atoms with E-state index in [-0.39, 0.29) is 11.5 Å². The van der Waals surface area contributed by atoms with E-state index in [9.17, 15) is 9.90 Å². The van der Waals surface area contributed by atoms with Crippen LogP contribution in [0.5, 0.6) is 11.5 Å². The SMILES string of the molecule is COc1ccc(C2C(=O)c3cc(O)ccc3N=C2Br)cc1. The predicted molar refractivity (Wildman–Crippen MR) is 84.2 cm³/mol. The van der Waals surface area contributed by atoms with Crippen LogP contribution in [0.1, 0.15) is 21.8 Å². The normalized spacial score (nSPS) is 17.1. The summed E-state index contributed by atoms with van der Waals surface area (Å²) in [5.74, 6) is 0.204. The second kappa shape index (κ2) is 5.33. The first-order valence-corrected chi connectivity index (χ1v) is 7.14. The number of fused-ring (bicyclic) bond motifs is 1. The molecule has 1 aliphatic rings. The molecule has 0 aromatic heterocycles. The number of aromatic hydroxyl groups is 1. The zero-order valence-electron chi connectivity index (χ0n) is 11.2. The van der Waals surface area contributed by atoms with Gasteiger partial charge in [0.15, 0.2) is 5.78 Å². The first kappa shape index (κ1) is 13.8. The molecule has 0 saturated heterocycles.